The van der Waals surface area contributed by atoms with Gasteiger partial charge >= 0.3 is 5.97 Å². The van der Waals surface area contributed by atoms with Crippen molar-refractivity contribution in [3.63, 3.8) is 0 Å². The van der Waals surface area contributed by atoms with Crippen molar-refractivity contribution < 1.29 is 24.2 Å². The fraction of sp³-hybridized carbons (Fsp3) is 0.308. The average molecular weight is 252 g/mol. The van der Waals surface area contributed by atoms with Gasteiger partial charge in [-0.2, -0.15) is 0 Å². The standard InChI is InChI=1S/C9H10O2.C4H6O3/c1-7(10)8-3-5-9(11-2)6-4-8;1-3(5)2-4(6)7/h3-6H,1-2H3;2H2,1H3,(H,6,7). The number of hydrogen-bond acceptors (Lipinski definition) is 4. The Morgan fingerprint density at radius 3 is 1.83 bits per heavy atom. The van der Waals surface area contributed by atoms with E-state index in [2.05, 4.69) is 0 Å². The third kappa shape index (κ3) is 7.16. The molecule has 0 unspecified atom stereocenters. The fourth-order valence-electron chi connectivity index (χ4n) is 1.04. The average Bonchev–Trinajstić information content (AvgIpc) is 2.28. The molecule has 1 aromatic carbocycles. The number of carbonyl (C=O) groups excluding carboxylic acids is 2. The summed E-state index contributed by atoms with van der Waals surface area (Å²) in [7, 11) is 1.60. The molecule has 5 nitrogen and oxygen atoms in total. The summed E-state index contributed by atoms with van der Waals surface area (Å²) in [6.45, 7) is 2.79. The van der Waals surface area contributed by atoms with Crippen LogP contribution in [0.1, 0.15) is 30.6 Å². The van der Waals surface area contributed by atoms with Gasteiger partial charge in [-0.15, -0.1) is 0 Å². The molecule has 0 heterocycles. The van der Waals surface area contributed by atoms with E-state index in [1.165, 1.54) is 6.92 Å². The minimum Gasteiger partial charge on any atom is -0.497 e. The second-order valence-corrected chi connectivity index (χ2v) is 3.56. The third-order valence-electron chi connectivity index (χ3n) is 1.90. The quantitative estimate of drug-likeness (QED) is 0.654. The molecule has 0 saturated carbocycles. The van der Waals surface area contributed by atoms with Crippen molar-refractivity contribution in [2.45, 2.75) is 20.3 Å². The van der Waals surface area contributed by atoms with E-state index >= 15 is 0 Å². The van der Waals surface area contributed by atoms with E-state index < -0.39 is 5.97 Å². The molecule has 1 aromatic rings. The zero-order valence-corrected chi connectivity index (χ0v) is 10.6. The van der Waals surface area contributed by atoms with Crippen LogP contribution in [-0.2, 0) is 9.59 Å². The summed E-state index contributed by atoms with van der Waals surface area (Å²) < 4.78 is 4.94. The van der Waals surface area contributed by atoms with E-state index in [9.17, 15) is 14.4 Å². The number of rotatable bonds is 4. The smallest absolute Gasteiger partial charge is 0.310 e. The molecule has 18 heavy (non-hydrogen) atoms. The van der Waals surface area contributed by atoms with E-state index in [-0.39, 0.29) is 18.0 Å². The molecule has 0 radical (unpaired) electrons. The molecule has 1 N–H and O–H groups in total. The number of hydrogen-bond donors (Lipinski definition) is 1. The first-order valence-corrected chi connectivity index (χ1v) is 5.23. The monoisotopic (exact) mass is 252 g/mol. The first-order chi connectivity index (χ1) is 8.36. The second kappa shape index (κ2) is 8.00. The lowest BCUT2D eigenvalue weighted by molar-refractivity contribution is -0.139. The first kappa shape index (κ1) is 15.8. The summed E-state index contributed by atoms with van der Waals surface area (Å²) in [5.41, 5.74) is 0.714. The van der Waals surface area contributed by atoms with Crippen LogP contribution in [0.15, 0.2) is 24.3 Å². The first-order valence-electron chi connectivity index (χ1n) is 5.23. The van der Waals surface area contributed by atoms with Crippen molar-refractivity contribution in [3.8, 4) is 5.75 Å². The van der Waals surface area contributed by atoms with E-state index in [0.717, 1.165) is 5.75 Å². The molecule has 0 spiro atoms. The van der Waals surface area contributed by atoms with Crippen LogP contribution < -0.4 is 4.74 Å². The SMILES string of the molecule is CC(=O)CC(=O)O.COc1ccc(C(C)=O)cc1. The van der Waals surface area contributed by atoms with Crippen LogP contribution in [0.4, 0.5) is 0 Å². The summed E-state index contributed by atoms with van der Waals surface area (Å²) in [5, 5.41) is 7.86. The van der Waals surface area contributed by atoms with Gasteiger partial charge in [-0.25, -0.2) is 0 Å². The second-order valence-electron chi connectivity index (χ2n) is 3.56. The molecule has 98 valence electrons. The van der Waals surface area contributed by atoms with E-state index in [1.54, 1.807) is 38.3 Å². The maximum atomic E-state index is 10.8. The number of ether oxygens (including phenoxy) is 1. The predicted octanol–water partition coefficient (Wildman–Crippen LogP) is 1.95. The molecule has 0 aliphatic rings. The zero-order valence-electron chi connectivity index (χ0n) is 10.6. The lowest BCUT2D eigenvalue weighted by Gasteiger charge is -1.98. The Morgan fingerprint density at radius 2 is 1.61 bits per heavy atom. The summed E-state index contributed by atoms with van der Waals surface area (Å²) in [6.07, 6.45) is -0.361. The van der Waals surface area contributed by atoms with Gasteiger partial charge in [0.2, 0.25) is 0 Å². The maximum absolute atomic E-state index is 10.8. The summed E-state index contributed by atoms with van der Waals surface area (Å²) in [4.78, 5) is 30.3. The highest BCUT2D eigenvalue weighted by Gasteiger charge is 1.98. The highest BCUT2D eigenvalue weighted by molar-refractivity contribution is 5.94. The Hall–Kier alpha value is -2.17. The minimum atomic E-state index is -1.06. The van der Waals surface area contributed by atoms with E-state index in [4.69, 9.17) is 9.84 Å². The van der Waals surface area contributed by atoms with Crippen molar-refractivity contribution in [1.29, 1.82) is 0 Å². The molecule has 0 saturated heterocycles. The van der Waals surface area contributed by atoms with Gasteiger partial charge in [0.05, 0.1) is 7.11 Å². The zero-order chi connectivity index (χ0) is 14.1. The topological polar surface area (TPSA) is 80.7 Å². The molecule has 0 fully saturated rings. The Bertz CT molecular complexity index is 408. The van der Waals surface area contributed by atoms with Crippen LogP contribution in [0.5, 0.6) is 5.75 Å². The molecule has 0 atom stereocenters. The minimum absolute atomic E-state index is 0.0765. The number of benzene rings is 1. The van der Waals surface area contributed by atoms with Gasteiger partial charge in [0.25, 0.3) is 0 Å². The Labute approximate surface area is 105 Å². The lowest BCUT2D eigenvalue weighted by Crippen LogP contribution is -2.00. The molecule has 1 rings (SSSR count). The molecule has 0 bridgehead atoms. The predicted molar refractivity (Wildman–Crippen MR) is 65.9 cm³/mol. The van der Waals surface area contributed by atoms with Crippen molar-refractivity contribution in [1.82, 2.24) is 0 Å². The van der Waals surface area contributed by atoms with Crippen molar-refractivity contribution in [3.05, 3.63) is 29.8 Å². The van der Waals surface area contributed by atoms with Crippen LogP contribution >= 0.6 is 0 Å². The molecule has 0 amide bonds. The van der Waals surface area contributed by atoms with Gasteiger partial charge in [-0.05, 0) is 38.1 Å². The summed E-state index contributed by atoms with van der Waals surface area (Å²) in [5.74, 6) is -0.525. The number of Topliss-reactive ketones (excluding diaryl/α,β-unsaturated/α-hetero) is 2. The molecule has 0 aliphatic heterocycles. The summed E-state index contributed by atoms with van der Waals surface area (Å²) in [6, 6.07) is 7.05. The molecule has 0 aromatic heterocycles. The number of ketones is 2. The van der Waals surface area contributed by atoms with Gasteiger partial charge in [-0.1, -0.05) is 0 Å². The fourth-order valence-corrected chi connectivity index (χ4v) is 1.04. The van der Waals surface area contributed by atoms with E-state index in [0.29, 0.717) is 5.56 Å². The van der Waals surface area contributed by atoms with Gasteiger partial charge < -0.3 is 9.84 Å². The number of carboxylic acids is 1. The molecule has 5 heteroatoms. The van der Waals surface area contributed by atoms with Crippen LogP contribution in [-0.4, -0.2) is 29.8 Å². The van der Waals surface area contributed by atoms with Gasteiger partial charge in [-0.3, -0.25) is 14.4 Å². The van der Waals surface area contributed by atoms with E-state index in [1.807, 2.05) is 0 Å². The van der Waals surface area contributed by atoms with Crippen molar-refractivity contribution in [2.24, 2.45) is 0 Å². The van der Waals surface area contributed by atoms with Crippen molar-refractivity contribution >= 4 is 17.5 Å². The van der Waals surface area contributed by atoms with Crippen molar-refractivity contribution in [2.75, 3.05) is 7.11 Å². The van der Waals surface area contributed by atoms with Gasteiger partial charge in [0.15, 0.2) is 5.78 Å². The number of carboxylic acid groups (broad SMARTS) is 1. The molecular formula is C13H16O5. The maximum Gasteiger partial charge on any atom is 0.310 e. The van der Waals surface area contributed by atoms with Gasteiger partial charge in [0.1, 0.15) is 18.0 Å². The van der Waals surface area contributed by atoms with Gasteiger partial charge in [0, 0.05) is 5.56 Å². The Kier molecular flexibility index (Phi) is 7.04. The third-order valence-corrected chi connectivity index (χ3v) is 1.90. The number of methoxy groups -OCH3 is 1. The highest BCUT2D eigenvalue weighted by atomic mass is 16.5. The largest absolute Gasteiger partial charge is 0.497 e. The van der Waals surface area contributed by atoms with Crippen LogP contribution in [0, 0.1) is 0 Å². The van der Waals surface area contributed by atoms with Crippen LogP contribution in [0.25, 0.3) is 0 Å². The number of carbonyl (C=O) groups is 3. The molecule has 0 aliphatic carbocycles. The van der Waals surface area contributed by atoms with Crippen LogP contribution in [0.2, 0.25) is 0 Å². The normalized spacial score (nSPS) is 8.83. The summed E-state index contributed by atoms with van der Waals surface area (Å²) >= 11 is 0. The number of aliphatic carboxylic acids is 1. The lowest BCUT2D eigenvalue weighted by atomic mass is 10.1. The highest BCUT2D eigenvalue weighted by Crippen LogP contribution is 2.11. The Balaban J connectivity index is 0.000000360. The van der Waals surface area contributed by atoms with Crippen LogP contribution in [0.3, 0.4) is 0 Å². The Morgan fingerprint density at radius 1 is 1.11 bits per heavy atom. The molecular weight excluding hydrogens is 236 g/mol.